The van der Waals surface area contributed by atoms with Gasteiger partial charge in [0.2, 0.25) is 0 Å². The molecular formula is C24H20FN3O2. The normalized spacial score (nSPS) is 11.3. The van der Waals surface area contributed by atoms with E-state index in [1.165, 1.54) is 12.1 Å². The number of carbonyl (C=O) groups is 1. The minimum atomic E-state index is -0.498. The van der Waals surface area contributed by atoms with Gasteiger partial charge in [-0.1, -0.05) is 24.3 Å². The molecule has 0 atom stereocenters. The van der Waals surface area contributed by atoms with Crippen LogP contribution >= 0.6 is 0 Å². The van der Waals surface area contributed by atoms with Gasteiger partial charge in [-0.05, 0) is 67.1 Å². The Morgan fingerprint density at radius 2 is 1.70 bits per heavy atom. The lowest BCUT2D eigenvalue weighted by Crippen LogP contribution is -2.17. The first-order valence-corrected chi connectivity index (χ1v) is 9.44. The second-order valence-electron chi connectivity index (χ2n) is 7.05. The van der Waals surface area contributed by atoms with Crippen molar-refractivity contribution in [3.8, 4) is 11.4 Å². The quantitative estimate of drug-likeness (QED) is 0.379. The maximum Gasteiger partial charge on any atom is 0.275 e. The molecule has 0 fully saturated rings. The third-order valence-electron chi connectivity index (χ3n) is 5.03. The number of hydrogen-bond acceptors (Lipinski definition) is 3. The van der Waals surface area contributed by atoms with Gasteiger partial charge in [-0.2, -0.15) is 5.10 Å². The van der Waals surface area contributed by atoms with Crippen LogP contribution in [0.1, 0.15) is 27.3 Å². The van der Waals surface area contributed by atoms with Crippen molar-refractivity contribution in [3.63, 3.8) is 0 Å². The monoisotopic (exact) mass is 401 g/mol. The third kappa shape index (κ3) is 3.67. The summed E-state index contributed by atoms with van der Waals surface area (Å²) in [6.45, 7) is 3.87. The van der Waals surface area contributed by atoms with Crippen LogP contribution < -0.4 is 5.43 Å². The van der Waals surface area contributed by atoms with E-state index in [1.807, 2.05) is 48.7 Å². The van der Waals surface area contributed by atoms with Crippen LogP contribution in [0.3, 0.4) is 0 Å². The van der Waals surface area contributed by atoms with Gasteiger partial charge in [-0.3, -0.25) is 4.79 Å². The number of phenols is 1. The second kappa shape index (κ2) is 7.83. The highest BCUT2D eigenvalue weighted by Crippen LogP contribution is 2.25. The molecule has 0 bridgehead atoms. The van der Waals surface area contributed by atoms with Crippen molar-refractivity contribution >= 4 is 22.9 Å². The SMILES string of the molecule is Cc1cc(/C=N/NC(=O)c2cc3ccccc3cc2O)c(C)n1-c1ccc(F)cc1. The molecule has 0 unspecified atom stereocenters. The summed E-state index contributed by atoms with van der Waals surface area (Å²) in [5.74, 6) is -0.889. The number of rotatable bonds is 4. The van der Waals surface area contributed by atoms with E-state index in [-0.39, 0.29) is 17.1 Å². The van der Waals surface area contributed by atoms with Crippen molar-refractivity contribution in [2.45, 2.75) is 13.8 Å². The summed E-state index contributed by atoms with van der Waals surface area (Å²) >= 11 is 0. The Bertz CT molecular complexity index is 1270. The molecule has 150 valence electrons. The van der Waals surface area contributed by atoms with Crippen LogP contribution in [-0.4, -0.2) is 21.8 Å². The minimum Gasteiger partial charge on any atom is -0.507 e. The van der Waals surface area contributed by atoms with E-state index >= 15 is 0 Å². The van der Waals surface area contributed by atoms with Gasteiger partial charge in [0.25, 0.3) is 5.91 Å². The molecule has 4 rings (SSSR count). The fourth-order valence-corrected chi connectivity index (χ4v) is 3.54. The summed E-state index contributed by atoms with van der Waals surface area (Å²) in [7, 11) is 0. The number of aromatic hydroxyl groups is 1. The molecule has 0 saturated heterocycles. The average molecular weight is 401 g/mol. The number of nitrogens with zero attached hydrogens (tertiary/aromatic N) is 2. The summed E-state index contributed by atoms with van der Waals surface area (Å²) in [6.07, 6.45) is 1.55. The number of amides is 1. The Balaban J connectivity index is 1.55. The van der Waals surface area contributed by atoms with Crippen LogP contribution in [0.15, 0.2) is 71.8 Å². The summed E-state index contributed by atoms with van der Waals surface area (Å²) in [5, 5.41) is 15.9. The Morgan fingerprint density at radius 1 is 1.03 bits per heavy atom. The van der Waals surface area contributed by atoms with Crippen molar-refractivity contribution in [3.05, 3.63) is 95.1 Å². The fourth-order valence-electron chi connectivity index (χ4n) is 3.54. The maximum atomic E-state index is 13.2. The maximum absolute atomic E-state index is 13.2. The summed E-state index contributed by atoms with van der Waals surface area (Å²) in [5.41, 5.74) is 6.15. The Morgan fingerprint density at radius 3 is 2.40 bits per heavy atom. The molecule has 6 heteroatoms. The molecule has 1 amide bonds. The molecule has 3 aromatic carbocycles. The van der Waals surface area contributed by atoms with Crippen LogP contribution in [0.25, 0.3) is 16.5 Å². The zero-order chi connectivity index (χ0) is 21.3. The number of benzene rings is 3. The smallest absolute Gasteiger partial charge is 0.275 e. The first-order chi connectivity index (χ1) is 14.4. The number of carbonyl (C=O) groups excluding carboxylic acids is 1. The van der Waals surface area contributed by atoms with Gasteiger partial charge in [-0.15, -0.1) is 0 Å². The van der Waals surface area contributed by atoms with Gasteiger partial charge in [0.1, 0.15) is 11.6 Å². The topological polar surface area (TPSA) is 66.6 Å². The molecular weight excluding hydrogens is 381 g/mol. The van der Waals surface area contributed by atoms with Crippen LogP contribution in [0.5, 0.6) is 5.75 Å². The third-order valence-corrected chi connectivity index (χ3v) is 5.03. The number of hydrazone groups is 1. The molecule has 30 heavy (non-hydrogen) atoms. The lowest BCUT2D eigenvalue weighted by Gasteiger charge is -2.09. The molecule has 0 spiro atoms. The average Bonchev–Trinajstić information content (AvgIpc) is 3.01. The zero-order valence-electron chi connectivity index (χ0n) is 16.6. The van der Waals surface area contributed by atoms with E-state index < -0.39 is 5.91 Å². The van der Waals surface area contributed by atoms with Crippen molar-refractivity contribution in [2.24, 2.45) is 5.10 Å². The Kier molecular flexibility index (Phi) is 5.06. The molecule has 1 heterocycles. The largest absolute Gasteiger partial charge is 0.507 e. The molecule has 0 radical (unpaired) electrons. The summed E-state index contributed by atoms with van der Waals surface area (Å²) in [6, 6.07) is 18.9. The predicted octanol–water partition coefficient (Wildman–Crippen LogP) is 4.86. The number of nitrogens with one attached hydrogen (secondary N) is 1. The predicted molar refractivity (Wildman–Crippen MR) is 116 cm³/mol. The molecule has 0 saturated carbocycles. The van der Waals surface area contributed by atoms with Crippen LogP contribution in [0.2, 0.25) is 0 Å². The lowest BCUT2D eigenvalue weighted by molar-refractivity contribution is 0.0952. The highest BCUT2D eigenvalue weighted by atomic mass is 19.1. The van der Waals surface area contributed by atoms with Gasteiger partial charge in [-0.25, -0.2) is 9.82 Å². The van der Waals surface area contributed by atoms with E-state index in [4.69, 9.17) is 0 Å². The number of aromatic nitrogens is 1. The number of phenolic OH excluding ortho intramolecular Hbond substituents is 1. The molecule has 1 aromatic heterocycles. The van der Waals surface area contributed by atoms with E-state index in [0.717, 1.165) is 33.4 Å². The van der Waals surface area contributed by atoms with Crippen LogP contribution in [-0.2, 0) is 0 Å². The molecule has 0 aliphatic rings. The van der Waals surface area contributed by atoms with Crippen LogP contribution in [0, 0.1) is 19.7 Å². The highest BCUT2D eigenvalue weighted by molar-refractivity contribution is 6.01. The standard InChI is InChI=1S/C24H20FN3O2/c1-15-11-19(16(2)28(15)21-9-7-20(25)8-10-21)14-26-27-24(30)22-12-17-5-3-4-6-18(17)13-23(22)29/h3-14,29H,1-2H3,(H,27,30)/b26-14+. The van der Waals surface area contributed by atoms with E-state index in [1.54, 1.807) is 30.5 Å². The van der Waals surface area contributed by atoms with Gasteiger partial charge in [0.15, 0.2) is 0 Å². The molecule has 2 N–H and O–H groups in total. The molecule has 4 aromatic rings. The minimum absolute atomic E-state index is 0.101. The van der Waals surface area contributed by atoms with Gasteiger partial charge < -0.3 is 9.67 Å². The Hall–Kier alpha value is -3.93. The molecule has 0 aliphatic heterocycles. The van der Waals surface area contributed by atoms with Gasteiger partial charge in [0.05, 0.1) is 11.8 Å². The number of aryl methyl sites for hydroxylation is 1. The first-order valence-electron chi connectivity index (χ1n) is 9.44. The van der Waals surface area contributed by atoms with Crippen molar-refractivity contribution in [1.82, 2.24) is 9.99 Å². The summed E-state index contributed by atoms with van der Waals surface area (Å²) < 4.78 is 15.2. The summed E-state index contributed by atoms with van der Waals surface area (Å²) in [4.78, 5) is 12.5. The fraction of sp³-hybridized carbons (Fsp3) is 0.0833. The number of hydrogen-bond donors (Lipinski definition) is 2. The van der Waals surface area contributed by atoms with Gasteiger partial charge >= 0.3 is 0 Å². The van der Waals surface area contributed by atoms with Crippen molar-refractivity contribution in [1.29, 1.82) is 0 Å². The van der Waals surface area contributed by atoms with Crippen molar-refractivity contribution in [2.75, 3.05) is 0 Å². The zero-order valence-corrected chi connectivity index (χ0v) is 16.6. The second-order valence-corrected chi connectivity index (χ2v) is 7.05. The van der Waals surface area contributed by atoms with E-state index in [2.05, 4.69) is 10.5 Å². The van der Waals surface area contributed by atoms with Crippen molar-refractivity contribution < 1.29 is 14.3 Å². The number of fused-ring (bicyclic) bond motifs is 1. The number of halogens is 1. The first kappa shape index (κ1) is 19.4. The highest BCUT2D eigenvalue weighted by Gasteiger charge is 2.13. The van der Waals surface area contributed by atoms with Crippen LogP contribution in [0.4, 0.5) is 4.39 Å². The lowest BCUT2D eigenvalue weighted by atomic mass is 10.1. The molecule has 0 aliphatic carbocycles. The van der Waals surface area contributed by atoms with E-state index in [9.17, 15) is 14.3 Å². The Labute approximate surface area is 173 Å². The molecule has 5 nitrogen and oxygen atoms in total. The van der Waals surface area contributed by atoms with Gasteiger partial charge in [0, 0.05) is 22.6 Å². The van der Waals surface area contributed by atoms with E-state index in [0.29, 0.717) is 0 Å².